The molecule has 0 unspecified atom stereocenters. The number of morpholine rings is 1. The monoisotopic (exact) mass is 410 g/mol. The van der Waals surface area contributed by atoms with Crippen molar-refractivity contribution >= 4 is 28.9 Å². The molecule has 2 amide bonds. The van der Waals surface area contributed by atoms with Crippen LogP contribution in [0.4, 0.5) is 17.1 Å². The number of amides is 2. The highest BCUT2D eigenvalue weighted by Crippen LogP contribution is 2.19. The maximum atomic E-state index is 12.9. The molecule has 0 spiro atoms. The molecule has 1 aliphatic rings. The van der Waals surface area contributed by atoms with E-state index in [1.807, 2.05) is 68.4 Å². The summed E-state index contributed by atoms with van der Waals surface area (Å²) in [5.74, 6) is -0.368. The standard InChI is InChI=1S/C23H30N4O3/c1-4-26(23(29)18-6-5-7-21(16-18)25(2)3)17-22(28)24-19-8-10-20(11-9-19)27-12-14-30-15-13-27/h5-11,16H,4,12-15,17H2,1-3H3,(H,24,28). The number of benzene rings is 2. The van der Waals surface area contributed by atoms with Gasteiger partial charge in [0.05, 0.1) is 13.2 Å². The SMILES string of the molecule is CCN(CC(=O)Nc1ccc(N2CCOCC2)cc1)C(=O)c1cccc(N(C)C)c1. The lowest BCUT2D eigenvalue weighted by atomic mass is 10.1. The van der Waals surface area contributed by atoms with Crippen molar-refractivity contribution in [1.82, 2.24) is 4.90 Å². The summed E-state index contributed by atoms with van der Waals surface area (Å²) in [5.41, 5.74) is 3.35. The van der Waals surface area contributed by atoms with Gasteiger partial charge in [-0.1, -0.05) is 6.07 Å². The molecule has 3 rings (SSSR count). The lowest BCUT2D eigenvalue weighted by Crippen LogP contribution is -2.38. The van der Waals surface area contributed by atoms with Crippen LogP contribution in [0.5, 0.6) is 0 Å². The Balaban J connectivity index is 1.59. The van der Waals surface area contributed by atoms with Crippen molar-refractivity contribution in [2.45, 2.75) is 6.92 Å². The highest BCUT2D eigenvalue weighted by Gasteiger charge is 2.18. The van der Waals surface area contributed by atoms with Crippen LogP contribution in [-0.4, -0.2) is 70.2 Å². The predicted octanol–water partition coefficient (Wildman–Crippen LogP) is 2.69. The summed E-state index contributed by atoms with van der Waals surface area (Å²) in [4.78, 5) is 31.2. The van der Waals surface area contributed by atoms with Gasteiger partial charge in [-0.05, 0) is 49.4 Å². The van der Waals surface area contributed by atoms with Crippen molar-refractivity contribution in [3.05, 3.63) is 54.1 Å². The molecule has 1 N–H and O–H groups in total. The van der Waals surface area contributed by atoms with Gasteiger partial charge >= 0.3 is 0 Å². The Bertz CT molecular complexity index is 861. The van der Waals surface area contributed by atoms with Gasteiger partial charge < -0.3 is 24.8 Å². The third kappa shape index (κ3) is 5.51. The molecule has 2 aromatic carbocycles. The molecule has 0 aromatic heterocycles. The first-order valence-electron chi connectivity index (χ1n) is 10.3. The second-order valence-corrected chi connectivity index (χ2v) is 7.46. The lowest BCUT2D eigenvalue weighted by molar-refractivity contribution is -0.116. The molecule has 0 bridgehead atoms. The van der Waals surface area contributed by atoms with Crippen LogP contribution >= 0.6 is 0 Å². The topological polar surface area (TPSA) is 65.1 Å². The summed E-state index contributed by atoms with van der Waals surface area (Å²) in [6.07, 6.45) is 0. The Morgan fingerprint density at radius 1 is 1.07 bits per heavy atom. The fraction of sp³-hybridized carbons (Fsp3) is 0.391. The minimum Gasteiger partial charge on any atom is -0.378 e. The quantitative estimate of drug-likeness (QED) is 0.760. The fourth-order valence-corrected chi connectivity index (χ4v) is 3.38. The van der Waals surface area contributed by atoms with E-state index in [0.717, 1.165) is 43.4 Å². The minimum absolute atomic E-state index is 0.00669. The second-order valence-electron chi connectivity index (χ2n) is 7.46. The van der Waals surface area contributed by atoms with Gasteiger partial charge in [0, 0.05) is 56.4 Å². The highest BCUT2D eigenvalue weighted by atomic mass is 16.5. The Labute approximate surface area is 178 Å². The van der Waals surface area contributed by atoms with E-state index in [-0.39, 0.29) is 18.4 Å². The number of nitrogens with one attached hydrogen (secondary N) is 1. The van der Waals surface area contributed by atoms with Crippen molar-refractivity contribution in [3.8, 4) is 0 Å². The molecule has 1 heterocycles. The molecular formula is C23H30N4O3. The molecule has 0 radical (unpaired) electrons. The van der Waals surface area contributed by atoms with Crippen LogP contribution in [0.1, 0.15) is 17.3 Å². The number of hydrogen-bond donors (Lipinski definition) is 1. The van der Waals surface area contributed by atoms with E-state index in [2.05, 4.69) is 10.2 Å². The van der Waals surface area contributed by atoms with Crippen LogP contribution in [0.3, 0.4) is 0 Å². The zero-order chi connectivity index (χ0) is 21.5. The van der Waals surface area contributed by atoms with Crippen LogP contribution in [-0.2, 0) is 9.53 Å². The Kier molecular flexibility index (Phi) is 7.30. The number of carbonyl (C=O) groups excluding carboxylic acids is 2. The van der Waals surface area contributed by atoms with E-state index in [0.29, 0.717) is 12.1 Å². The minimum atomic E-state index is -0.215. The third-order valence-electron chi connectivity index (χ3n) is 5.14. The van der Waals surface area contributed by atoms with Gasteiger partial charge in [0.2, 0.25) is 5.91 Å². The molecule has 7 heteroatoms. The Morgan fingerprint density at radius 3 is 2.40 bits per heavy atom. The van der Waals surface area contributed by atoms with Gasteiger partial charge in [0.15, 0.2) is 0 Å². The normalized spacial score (nSPS) is 13.6. The molecule has 1 saturated heterocycles. The summed E-state index contributed by atoms with van der Waals surface area (Å²) in [5, 5.41) is 2.89. The summed E-state index contributed by atoms with van der Waals surface area (Å²) >= 11 is 0. The van der Waals surface area contributed by atoms with Crippen LogP contribution in [0.25, 0.3) is 0 Å². The first-order chi connectivity index (χ1) is 14.5. The zero-order valence-corrected chi connectivity index (χ0v) is 17.9. The molecule has 30 heavy (non-hydrogen) atoms. The summed E-state index contributed by atoms with van der Waals surface area (Å²) < 4.78 is 5.38. The molecule has 160 valence electrons. The third-order valence-corrected chi connectivity index (χ3v) is 5.14. The molecule has 1 fully saturated rings. The first-order valence-corrected chi connectivity index (χ1v) is 10.3. The van der Waals surface area contributed by atoms with Gasteiger partial charge in [0.25, 0.3) is 5.91 Å². The number of carbonyl (C=O) groups is 2. The van der Waals surface area contributed by atoms with Gasteiger partial charge in [0.1, 0.15) is 6.54 Å². The van der Waals surface area contributed by atoms with Crippen molar-refractivity contribution in [1.29, 1.82) is 0 Å². The molecular weight excluding hydrogens is 380 g/mol. The van der Waals surface area contributed by atoms with Crippen LogP contribution < -0.4 is 15.1 Å². The maximum Gasteiger partial charge on any atom is 0.254 e. The number of rotatable bonds is 7. The van der Waals surface area contributed by atoms with E-state index >= 15 is 0 Å². The van der Waals surface area contributed by atoms with Crippen LogP contribution in [0.15, 0.2) is 48.5 Å². The molecule has 0 atom stereocenters. The van der Waals surface area contributed by atoms with E-state index < -0.39 is 0 Å². The lowest BCUT2D eigenvalue weighted by Gasteiger charge is -2.29. The molecule has 0 saturated carbocycles. The second kappa shape index (κ2) is 10.1. The maximum absolute atomic E-state index is 12.9. The van der Waals surface area contributed by atoms with E-state index in [1.54, 1.807) is 11.0 Å². The molecule has 2 aromatic rings. The first kappa shape index (κ1) is 21.6. The van der Waals surface area contributed by atoms with E-state index in [4.69, 9.17) is 4.74 Å². The number of hydrogen-bond acceptors (Lipinski definition) is 5. The van der Waals surface area contributed by atoms with Crippen LogP contribution in [0, 0.1) is 0 Å². The van der Waals surface area contributed by atoms with Crippen molar-refractivity contribution in [2.24, 2.45) is 0 Å². The van der Waals surface area contributed by atoms with E-state index in [9.17, 15) is 9.59 Å². The Morgan fingerprint density at radius 2 is 1.77 bits per heavy atom. The average Bonchev–Trinajstić information content (AvgIpc) is 2.78. The molecule has 7 nitrogen and oxygen atoms in total. The van der Waals surface area contributed by atoms with Gasteiger partial charge in [-0.2, -0.15) is 0 Å². The summed E-state index contributed by atoms with van der Waals surface area (Å²) in [6.45, 7) is 5.54. The zero-order valence-electron chi connectivity index (χ0n) is 17.9. The number of likely N-dealkylation sites (N-methyl/N-ethyl adjacent to an activating group) is 1. The summed E-state index contributed by atoms with van der Waals surface area (Å²) in [6, 6.07) is 15.2. The molecule has 1 aliphatic heterocycles. The number of nitrogens with zero attached hydrogens (tertiary/aromatic N) is 3. The largest absolute Gasteiger partial charge is 0.378 e. The average molecular weight is 411 g/mol. The Hall–Kier alpha value is -3.06. The van der Waals surface area contributed by atoms with Crippen molar-refractivity contribution < 1.29 is 14.3 Å². The number of ether oxygens (including phenoxy) is 1. The van der Waals surface area contributed by atoms with Crippen molar-refractivity contribution in [3.63, 3.8) is 0 Å². The summed E-state index contributed by atoms with van der Waals surface area (Å²) in [7, 11) is 3.86. The van der Waals surface area contributed by atoms with Gasteiger partial charge in [-0.3, -0.25) is 9.59 Å². The highest BCUT2D eigenvalue weighted by molar-refractivity contribution is 5.99. The van der Waals surface area contributed by atoms with Crippen molar-refractivity contribution in [2.75, 3.05) is 68.6 Å². The van der Waals surface area contributed by atoms with Gasteiger partial charge in [-0.25, -0.2) is 0 Å². The van der Waals surface area contributed by atoms with Gasteiger partial charge in [-0.15, -0.1) is 0 Å². The van der Waals surface area contributed by atoms with Crippen LogP contribution in [0.2, 0.25) is 0 Å². The fourth-order valence-electron chi connectivity index (χ4n) is 3.38. The smallest absolute Gasteiger partial charge is 0.254 e. The molecule has 0 aliphatic carbocycles. The predicted molar refractivity (Wildman–Crippen MR) is 120 cm³/mol. The van der Waals surface area contributed by atoms with E-state index in [1.165, 1.54) is 0 Å². The number of anilines is 3.